The van der Waals surface area contributed by atoms with E-state index in [1.807, 2.05) is 37.4 Å². The number of esters is 1. The molecule has 0 saturated heterocycles. The Balaban J connectivity index is 1.58. The highest BCUT2D eigenvalue weighted by Gasteiger charge is 2.47. The summed E-state index contributed by atoms with van der Waals surface area (Å²) < 4.78 is 18.9. The van der Waals surface area contributed by atoms with Gasteiger partial charge in [0, 0.05) is 24.4 Å². The summed E-state index contributed by atoms with van der Waals surface area (Å²) in [5.74, 6) is 1.20. The fraction of sp³-hybridized carbons (Fsp3) is 0.577. The highest BCUT2D eigenvalue weighted by molar-refractivity contribution is 7.11. The SMILES string of the molecule is CCNc1ccc2c(c1)C(OCCC1CCCCC1)C(OC(=O)c1cccs1)C(C)(C)O2. The minimum atomic E-state index is -0.713. The quantitative estimate of drug-likeness (QED) is 0.452. The number of carbonyl (C=O) groups excluding carboxylic acids is 1. The van der Waals surface area contributed by atoms with Gasteiger partial charge in [0.05, 0.1) is 0 Å². The van der Waals surface area contributed by atoms with Crippen molar-refractivity contribution in [3.05, 3.63) is 46.2 Å². The zero-order chi connectivity index (χ0) is 22.6. The van der Waals surface area contributed by atoms with Gasteiger partial charge in [-0.25, -0.2) is 4.79 Å². The third-order valence-electron chi connectivity index (χ3n) is 6.54. The molecule has 1 saturated carbocycles. The Morgan fingerprint density at radius 3 is 2.75 bits per heavy atom. The summed E-state index contributed by atoms with van der Waals surface area (Å²) in [5, 5.41) is 5.25. The van der Waals surface area contributed by atoms with E-state index in [-0.39, 0.29) is 12.1 Å². The number of ether oxygens (including phenoxy) is 3. The van der Waals surface area contributed by atoms with Crippen LogP contribution in [0, 0.1) is 5.92 Å². The molecule has 0 radical (unpaired) electrons. The first kappa shape index (κ1) is 23.1. The Kier molecular flexibility index (Phi) is 7.41. The zero-order valence-electron chi connectivity index (χ0n) is 19.4. The Hall–Kier alpha value is -2.05. The third-order valence-corrected chi connectivity index (χ3v) is 7.38. The predicted molar refractivity (Wildman–Crippen MR) is 129 cm³/mol. The summed E-state index contributed by atoms with van der Waals surface area (Å²) in [4.78, 5) is 13.5. The summed E-state index contributed by atoms with van der Waals surface area (Å²) in [6.45, 7) is 7.50. The van der Waals surface area contributed by atoms with Gasteiger partial charge in [0.15, 0.2) is 6.10 Å². The van der Waals surface area contributed by atoms with Crippen LogP contribution in [0.1, 0.15) is 80.6 Å². The fourth-order valence-corrected chi connectivity index (χ4v) is 5.44. The second-order valence-corrected chi connectivity index (χ2v) is 10.3. The lowest BCUT2D eigenvalue weighted by atomic mass is 9.86. The number of thiophene rings is 1. The molecule has 4 rings (SSSR count). The van der Waals surface area contributed by atoms with Crippen LogP contribution in [0.3, 0.4) is 0 Å². The maximum absolute atomic E-state index is 12.9. The maximum atomic E-state index is 12.9. The van der Waals surface area contributed by atoms with Gasteiger partial charge in [-0.1, -0.05) is 38.2 Å². The Labute approximate surface area is 195 Å². The number of carbonyl (C=O) groups is 1. The molecule has 0 amide bonds. The van der Waals surface area contributed by atoms with Gasteiger partial charge in [0.2, 0.25) is 0 Å². The van der Waals surface area contributed by atoms with E-state index in [1.54, 1.807) is 6.07 Å². The highest BCUT2D eigenvalue weighted by atomic mass is 32.1. The van der Waals surface area contributed by atoms with Gasteiger partial charge < -0.3 is 19.5 Å². The molecule has 6 heteroatoms. The highest BCUT2D eigenvalue weighted by Crippen LogP contribution is 2.45. The van der Waals surface area contributed by atoms with Crippen LogP contribution in [0.15, 0.2) is 35.7 Å². The molecule has 1 aromatic carbocycles. The lowest BCUT2D eigenvalue weighted by Gasteiger charge is -2.44. The summed E-state index contributed by atoms with van der Waals surface area (Å²) >= 11 is 1.39. The molecule has 174 valence electrons. The molecule has 2 atom stereocenters. The van der Waals surface area contributed by atoms with E-state index in [0.29, 0.717) is 11.5 Å². The Morgan fingerprint density at radius 2 is 2.03 bits per heavy atom. The fourth-order valence-electron chi connectivity index (χ4n) is 4.83. The van der Waals surface area contributed by atoms with Gasteiger partial charge in [-0.05, 0) is 62.8 Å². The standard InChI is InChI=1S/C26H35NO4S/c1-4-27-19-12-13-21-20(17-19)23(29-15-14-18-9-6-5-7-10-18)24(26(2,3)31-21)30-25(28)22-11-8-16-32-22/h8,11-13,16-18,23-24,27H,4-7,9-10,14-15H2,1-3H3. The van der Waals surface area contributed by atoms with Gasteiger partial charge in [0.1, 0.15) is 22.3 Å². The van der Waals surface area contributed by atoms with Crippen molar-refractivity contribution in [1.29, 1.82) is 0 Å². The molecule has 1 aromatic heterocycles. The van der Waals surface area contributed by atoms with Crippen molar-refractivity contribution in [3.63, 3.8) is 0 Å². The monoisotopic (exact) mass is 457 g/mol. The number of benzene rings is 1. The molecule has 0 spiro atoms. The molecule has 1 aliphatic heterocycles. The second-order valence-electron chi connectivity index (χ2n) is 9.38. The first-order valence-corrected chi connectivity index (χ1v) is 12.8. The summed E-state index contributed by atoms with van der Waals surface area (Å²) in [6.07, 6.45) is 6.71. The van der Waals surface area contributed by atoms with Crippen molar-refractivity contribution in [3.8, 4) is 5.75 Å². The maximum Gasteiger partial charge on any atom is 0.348 e. The third kappa shape index (κ3) is 5.29. The van der Waals surface area contributed by atoms with E-state index in [2.05, 4.69) is 18.3 Å². The number of rotatable bonds is 8. The number of nitrogens with one attached hydrogen (secondary N) is 1. The van der Waals surface area contributed by atoms with Crippen molar-refractivity contribution >= 4 is 23.0 Å². The van der Waals surface area contributed by atoms with Crippen LogP contribution in [0.4, 0.5) is 5.69 Å². The van der Waals surface area contributed by atoms with E-state index in [0.717, 1.165) is 35.9 Å². The normalized spacial score (nSPS) is 22.6. The minimum Gasteiger partial charge on any atom is -0.483 e. The molecule has 5 nitrogen and oxygen atoms in total. The predicted octanol–water partition coefficient (Wildman–Crippen LogP) is 6.60. The van der Waals surface area contributed by atoms with E-state index < -0.39 is 11.7 Å². The van der Waals surface area contributed by atoms with Gasteiger partial charge in [0.25, 0.3) is 0 Å². The van der Waals surface area contributed by atoms with Crippen molar-refractivity contribution < 1.29 is 19.0 Å². The van der Waals surface area contributed by atoms with Gasteiger partial charge in [-0.15, -0.1) is 11.3 Å². The van der Waals surface area contributed by atoms with Crippen LogP contribution in [0.2, 0.25) is 0 Å². The largest absolute Gasteiger partial charge is 0.483 e. The van der Waals surface area contributed by atoms with Gasteiger partial charge in [-0.3, -0.25) is 0 Å². The Bertz CT molecular complexity index is 889. The summed E-state index contributed by atoms with van der Waals surface area (Å²) in [6, 6.07) is 9.74. The topological polar surface area (TPSA) is 56.8 Å². The van der Waals surface area contributed by atoms with Crippen LogP contribution in [-0.2, 0) is 9.47 Å². The number of hydrogen-bond acceptors (Lipinski definition) is 6. The summed E-state index contributed by atoms with van der Waals surface area (Å²) in [5.41, 5.74) is 1.24. The lowest BCUT2D eigenvalue weighted by molar-refractivity contribution is -0.141. The van der Waals surface area contributed by atoms with Crippen molar-refractivity contribution in [2.75, 3.05) is 18.5 Å². The van der Waals surface area contributed by atoms with E-state index in [9.17, 15) is 4.79 Å². The molecule has 1 fully saturated rings. The zero-order valence-corrected chi connectivity index (χ0v) is 20.2. The van der Waals surface area contributed by atoms with Gasteiger partial charge >= 0.3 is 5.97 Å². The van der Waals surface area contributed by atoms with E-state index in [1.165, 1.54) is 43.4 Å². The van der Waals surface area contributed by atoms with Crippen LogP contribution in [0.25, 0.3) is 0 Å². The first-order valence-electron chi connectivity index (χ1n) is 11.9. The molecule has 2 aliphatic rings. The van der Waals surface area contributed by atoms with Crippen molar-refractivity contribution in [2.45, 2.75) is 77.1 Å². The molecule has 2 aromatic rings. The second kappa shape index (κ2) is 10.3. The van der Waals surface area contributed by atoms with Crippen LogP contribution in [-0.4, -0.2) is 30.8 Å². The number of anilines is 1. The number of hydrogen-bond donors (Lipinski definition) is 1. The van der Waals surface area contributed by atoms with Crippen LogP contribution in [0.5, 0.6) is 5.75 Å². The first-order chi connectivity index (χ1) is 15.5. The van der Waals surface area contributed by atoms with Gasteiger partial charge in [-0.2, -0.15) is 0 Å². The summed E-state index contributed by atoms with van der Waals surface area (Å²) in [7, 11) is 0. The Morgan fingerprint density at radius 1 is 1.22 bits per heavy atom. The van der Waals surface area contributed by atoms with Crippen LogP contribution < -0.4 is 10.1 Å². The van der Waals surface area contributed by atoms with Crippen LogP contribution >= 0.6 is 11.3 Å². The van der Waals surface area contributed by atoms with E-state index >= 15 is 0 Å². The smallest absolute Gasteiger partial charge is 0.348 e. The van der Waals surface area contributed by atoms with Crippen molar-refractivity contribution in [1.82, 2.24) is 0 Å². The number of fused-ring (bicyclic) bond motifs is 1. The minimum absolute atomic E-state index is 0.325. The molecule has 2 unspecified atom stereocenters. The average molecular weight is 458 g/mol. The molecule has 1 N–H and O–H groups in total. The van der Waals surface area contributed by atoms with E-state index in [4.69, 9.17) is 14.2 Å². The molecule has 0 bridgehead atoms. The molecule has 1 aliphatic carbocycles. The molecular weight excluding hydrogens is 422 g/mol. The average Bonchev–Trinajstić information content (AvgIpc) is 3.32. The molecule has 2 heterocycles. The molecule has 32 heavy (non-hydrogen) atoms. The van der Waals surface area contributed by atoms with Crippen molar-refractivity contribution in [2.24, 2.45) is 5.92 Å². The molecular formula is C26H35NO4S. The lowest BCUT2D eigenvalue weighted by Crippen LogP contribution is -2.51.